The Morgan fingerprint density at radius 1 is 1.19 bits per heavy atom. The van der Waals surface area contributed by atoms with Crippen LogP contribution in [0.4, 0.5) is 0 Å². The first-order chi connectivity index (χ1) is 12.6. The predicted molar refractivity (Wildman–Crippen MR) is 100 cm³/mol. The fourth-order valence-corrected chi connectivity index (χ4v) is 3.69. The predicted octanol–water partition coefficient (Wildman–Crippen LogP) is 3.86. The van der Waals surface area contributed by atoms with Crippen LogP contribution in [0.5, 0.6) is 0 Å². The lowest BCUT2D eigenvalue weighted by Crippen LogP contribution is -2.31. The maximum Gasteiger partial charge on any atom is 0.255 e. The molecule has 5 heteroatoms. The number of nitrogens with zero attached hydrogens (tertiary/aromatic N) is 4. The van der Waals surface area contributed by atoms with Crippen molar-refractivity contribution in [2.75, 3.05) is 6.54 Å². The van der Waals surface area contributed by atoms with Gasteiger partial charge in [0.15, 0.2) is 0 Å². The van der Waals surface area contributed by atoms with Gasteiger partial charge in [-0.3, -0.25) is 9.36 Å². The summed E-state index contributed by atoms with van der Waals surface area (Å²) in [6.45, 7) is 5.06. The minimum Gasteiger partial charge on any atom is -0.332 e. The number of rotatable bonds is 3. The molecule has 1 fully saturated rings. The standard InChI is InChI=1S/C21H22N4O/c1-15-5-3-6-18(16(15)2)19-7-4-11-25(19)21(26)17-8-9-20(23-13-17)24-12-10-22-14-24/h3,5-6,8-10,12-14,19H,4,7,11H2,1-2H3. The highest BCUT2D eigenvalue weighted by molar-refractivity contribution is 5.94. The van der Waals surface area contributed by atoms with Crippen molar-refractivity contribution in [3.8, 4) is 5.82 Å². The average Bonchev–Trinajstić information content (AvgIpc) is 3.35. The molecule has 1 unspecified atom stereocenters. The van der Waals surface area contributed by atoms with Crippen LogP contribution in [-0.2, 0) is 0 Å². The van der Waals surface area contributed by atoms with Gasteiger partial charge in [-0.25, -0.2) is 9.97 Å². The lowest BCUT2D eigenvalue weighted by Gasteiger charge is -2.27. The molecule has 132 valence electrons. The minimum atomic E-state index is 0.0538. The van der Waals surface area contributed by atoms with Crippen LogP contribution in [-0.4, -0.2) is 31.9 Å². The number of amides is 1. The summed E-state index contributed by atoms with van der Waals surface area (Å²) < 4.78 is 1.82. The van der Waals surface area contributed by atoms with E-state index in [9.17, 15) is 4.79 Å². The molecule has 0 spiro atoms. The number of carbonyl (C=O) groups is 1. The van der Waals surface area contributed by atoms with Crippen molar-refractivity contribution in [2.45, 2.75) is 32.7 Å². The molecular formula is C21H22N4O. The SMILES string of the molecule is Cc1cccc(C2CCCN2C(=O)c2ccc(-n3ccnc3)nc2)c1C. The summed E-state index contributed by atoms with van der Waals surface area (Å²) in [4.78, 5) is 23.5. The third kappa shape index (κ3) is 2.90. The molecule has 5 nitrogen and oxygen atoms in total. The Balaban J connectivity index is 1.60. The number of hydrogen-bond donors (Lipinski definition) is 0. The maximum atomic E-state index is 13.1. The topological polar surface area (TPSA) is 51.0 Å². The number of hydrogen-bond acceptors (Lipinski definition) is 3. The Morgan fingerprint density at radius 3 is 2.81 bits per heavy atom. The number of imidazole rings is 1. The van der Waals surface area contributed by atoms with E-state index in [-0.39, 0.29) is 11.9 Å². The molecule has 3 aromatic rings. The molecule has 1 aliphatic rings. The first-order valence-corrected chi connectivity index (χ1v) is 8.96. The summed E-state index contributed by atoms with van der Waals surface area (Å²) in [6, 6.07) is 10.2. The monoisotopic (exact) mass is 346 g/mol. The minimum absolute atomic E-state index is 0.0538. The summed E-state index contributed by atoms with van der Waals surface area (Å²) in [5, 5.41) is 0. The van der Waals surface area contributed by atoms with E-state index in [2.05, 4.69) is 42.0 Å². The molecule has 4 rings (SSSR count). The smallest absolute Gasteiger partial charge is 0.255 e. The van der Waals surface area contributed by atoms with Crippen molar-refractivity contribution >= 4 is 5.91 Å². The van der Waals surface area contributed by atoms with Crippen LogP contribution in [0.25, 0.3) is 5.82 Å². The number of benzene rings is 1. The van der Waals surface area contributed by atoms with Crippen LogP contribution in [0.2, 0.25) is 0 Å². The largest absolute Gasteiger partial charge is 0.332 e. The summed E-state index contributed by atoms with van der Waals surface area (Å²) in [5.41, 5.74) is 4.45. The highest BCUT2D eigenvalue weighted by Crippen LogP contribution is 2.35. The fourth-order valence-electron chi connectivity index (χ4n) is 3.69. The number of pyridine rings is 1. The highest BCUT2D eigenvalue weighted by atomic mass is 16.2. The third-order valence-electron chi connectivity index (χ3n) is 5.28. The number of carbonyl (C=O) groups excluding carboxylic acids is 1. The second kappa shape index (κ2) is 6.75. The summed E-state index contributed by atoms with van der Waals surface area (Å²) in [7, 11) is 0. The fraction of sp³-hybridized carbons (Fsp3) is 0.286. The van der Waals surface area contributed by atoms with Crippen LogP contribution in [0, 0.1) is 13.8 Å². The molecule has 3 heterocycles. The second-order valence-electron chi connectivity index (χ2n) is 6.82. The van der Waals surface area contributed by atoms with Crippen LogP contribution in [0.15, 0.2) is 55.2 Å². The van der Waals surface area contributed by atoms with Crippen LogP contribution in [0.3, 0.4) is 0 Å². The first kappa shape index (κ1) is 16.5. The van der Waals surface area contributed by atoms with E-state index in [1.165, 1.54) is 16.7 Å². The summed E-state index contributed by atoms with van der Waals surface area (Å²) >= 11 is 0. The molecule has 0 saturated carbocycles. The zero-order valence-corrected chi connectivity index (χ0v) is 15.1. The van der Waals surface area contributed by atoms with Crippen LogP contribution >= 0.6 is 0 Å². The maximum absolute atomic E-state index is 13.1. The molecule has 0 aliphatic carbocycles. The third-order valence-corrected chi connectivity index (χ3v) is 5.28. The molecule has 2 aromatic heterocycles. The van der Waals surface area contributed by atoms with Crippen LogP contribution < -0.4 is 0 Å². The molecule has 0 radical (unpaired) electrons. The van der Waals surface area contributed by atoms with E-state index >= 15 is 0 Å². The van der Waals surface area contributed by atoms with Crippen molar-refractivity contribution in [2.24, 2.45) is 0 Å². The molecule has 1 aliphatic heterocycles. The van der Waals surface area contributed by atoms with Crippen molar-refractivity contribution in [1.82, 2.24) is 19.4 Å². The van der Waals surface area contributed by atoms with Gasteiger partial charge in [-0.15, -0.1) is 0 Å². The molecule has 1 aromatic carbocycles. The molecule has 1 atom stereocenters. The lowest BCUT2D eigenvalue weighted by atomic mass is 9.96. The van der Waals surface area contributed by atoms with Crippen molar-refractivity contribution in [1.29, 1.82) is 0 Å². The van der Waals surface area contributed by atoms with E-state index in [1.54, 1.807) is 18.7 Å². The van der Waals surface area contributed by atoms with Gasteiger partial charge < -0.3 is 4.90 Å². The number of aromatic nitrogens is 3. The zero-order valence-electron chi connectivity index (χ0n) is 15.1. The van der Waals surface area contributed by atoms with E-state index in [0.29, 0.717) is 5.56 Å². The summed E-state index contributed by atoms with van der Waals surface area (Å²) in [6.07, 6.45) is 8.94. The van der Waals surface area contributed by atoms with Gasteiger partial charge in [-0.05, 0) is 55.5 Å². The van der Waals surface area contributed by atoms with E-state index in [1.807, 2.05) is 27.8 Å². The van der Waals surface area contributed by atoms with E-state index in [0.717, 1.165) is 25.2 Å². The van der Waals surface area contributed by atoms with Gasteiger partial charge in [-0.2, -0.15) is 0 Å². The van der Waals surface area contributed by atoms with Gasteiger partial charge in [0.05, 0.1) is 11.6 Å². The van der Waals surface area contributed by atoms with Gasteiger partial charge in [0.2, 0.25) is 0 Å². The Bertz CT molecular complexity index is 916. The summed E-state index contributed by atoms with van der Waals surface area (Å²) in [5.74, 6) is 0.810. The van der Waals surface area contributed by atoms with E-state index in [4.69, 9.17) is 0 Å². The Labute approximate surface area is 153 Å². The Kier molecular flexibility index (Phi) is 4.29. The van der Waals surface area contributed by atoms with Gasteiger partial charge in [0, 0.05) is 25.1 Å². The molecule has 1 saturated heterocycles. The average molecular weight is 346 g/mol. The van der Waals surface area contributed by atoms with Gasteiger partial charge in [0.1, 0.15) is 12.1 Å². The Morgan fingerprint density at radius 2 is 2.08 bits per heavy atom. The quantitative estimate of drug-likeness (QED) is 0.723. The van der Waals surface area contributed by atoms with Crippen molar-refractivity contribution in [3.63, 3.8) is 0 Å². The van der Waals surface area contributed by atoms with Gasteiger partial charge >= 0.3 is 0 Å². The molecule has 26 heavy (non-hydrogen) atoms. The van der Waals surface area contributed by atoms with Crippen LogP contribution in [0.1, 0.15) is 45.9 Å². The number of aryl methyl sites for hydroxylation is 1. The van der Waals surface area contributed by atoms with Gasteiger partial charge in [0.25, 0.3) is 5.91 Å². The molecule has 0 bridgehead atoms. The van der Waals surface area contributed by atoms with Gasteiger partial charge in [-0.1, -0.05) is 18.2 Å². The van der Waals surface area contributed by atoms with E-state index < -0.39 is 0 Å². The molecular weight excluding hydrogens is 324 g/mol. The van der Waals surface area contributed by atoms with Crippen molar-refractivity contribution in [3.05, 3.63) is 77.5 Å². The lowest BCUT2D eigenvalue weighted by molar-refractivity contribution is 0.0735. The highest BCUT2D eigenvalue weighted by Gasteiger charge is 2.31. The molecule has 1 amide bonds. The second-order valence-corrected chi connectivity index (χ2v) is 6.82. The molecule has 0 N–H and O–H groups in total. The Hall–Kier alpha value is -2.95. The van der Waals surface area contributed by atoms with Crippen molar-refractivity contribution < 1.29 is 4.79 Å². The normalized spacial score (nSPS) is 16.8. The zero-order chi connectivity index (χ0) is 18.1. The first-order valence-electron chi connectivity index (χ1n) is 8.96. The number of likely N-dealkylation sites (tertiary alicyclic amines) is 1.